The molecule has 0 fully saturated rings. The molecular formula is C5H8ClN3O2S. The maximum atomic E-state index is 10.3. The summed E-state index contributed by atoms with van der Waals surface area (Å²) in [6, 6.07) is -0.876. The molecule has 12 heavy (non-hydrogen) atoms. The zero-order valence-corrected chi connectivity index (χ0v) is 7.64. The van der Waals surface area contributed by atoms with E-state index in [1.54, 1.807) is 0 Å². The summed E-state index contributed by atoms with van der Waals surface area (Å²) in [6.45, 7) is 0. The van der Waals surface area contributed by atoms with Gasteiger partial charge < -0.3 is 10.8 Å². The Morgan fingerprint density at radius 3 is 2.92 bits per heavy atom. The summed E-state index contributed by atoms with van der Waals surface area (Å²) in [6.07, 6.45) is 1.76. The maximum Gasteiger partial charge on any atom is 0.320 e. The first-order valence-electron chi connectivity index (χ1n) is 2.95. The smallest absolute Gasteiger partial charge is 0.320 e. The van der Waals surface area contributed by atoms with Crippen molar-refractivity contribution in [2.75, 3.05) is 0 Å². The normalized spacial score (nSPS) is 11.8. The van der Waals surface area contributed by atoms with Gasteiger partial charge in [0, 0.05) is 6.42 Å². The number of halogens is 1. The molecule has 5 nitrogen and oxygen atoms in total. The summed E-state index contributed by atoms with van der Waals surface area (Å²) in [5, 5.41) is 8.41. The van der Waals surface area contributed by atoms with Crippen LogP contribution in [0.1, 0.15) is 5.69 Å². The Kier molecular flexibility index (Phi) is 4.72. The lowest BCUT2D eigenvalue weighted by molar-refractivity contribution is -0.138. The quantitative estimate of drug-likeness (QED) is 0.727. The largest absolute Gasteiger partial charge is 0.480 e. The lowest BCUT2D eigenvalue weighted by atomic mass is 10.2. The number of aromatic nitrogens is 2. The molecule has 0 aromatic carbocycles. The molecule has 1 aromatic rings. The summed E-state index contributed by atoms with van der Waals surface area (Å²) in [4.78, 5) is 10.3. The second-order valence-corrected chi connectivity index (χ2v) is 2.60. The number of hydrogen-bond donors (Lipinski definition) is 2. The van der Waals surface area contributed by atoms with Crippen molar-refractivity contribution in [1.29, 1.82) is 0 Å². The average Bonchev–Trinajstić information content (AvgIpc) is 2.39. The third-order valence-electron chi connectivity index (χ3n) is 1.15. The van der Waals surface area contributed by atoms with Crippen molar-refractivity contribution >= 4 is 30.1 Å². The lowest BCUT2D eigenvalue weighted by Crippen LogP contribution is -2.32. The van der Waals surface area contributed by atoms with E-state index in [1.165, 1.54) is 6.20 Å². The number of rotatable bonds is 3. The molecule has 0 aliphatic rings. The van der Waals surface area contributed by atoms with Crippen molar-refractivity contribution in [3.63, 3.8) is 0 Å². The first-order chi connectivity index (χ1) is 5.20. The minimum absolute atomic E-state index is 0. The predicted molar refractivity (Wildman–Crippen MR) is 46.5 cm³/mol. The minimum atomic E-state index is -1.02. The van der Waals surface area contributed by atoms with Gasteiger partial charge in [0.05, 0.1) is 23.6 Å². The van der Waals surface area contributed by atoms with Crippen LogP contribution < -0.4 is 5.73 Å². The molecule has 7 heteroatoms. The molecule has 0 aliphatic carbocycles. The highest BCUT2D eigenvalue weighted by Gasteiger charge is 2.12. The van der Waals surface area contributed by atoms with Gasteiger partial charge in [0.1, 0.15) is 6.04 Å². The van der Waals surface area contributed by atoms with E-state index in [2.05, 4.69) is 8.75 Å². The molecule has 0 radical (unpaired) electrons. The molecule has 0 unspecified atom stereocenters. The Morgan fingerprint density at radius 2 is 2.50 bits per heavy atom. The van der Waals surface area contributed by atoms with Crippen LogP contribution in [0.4, 0.5) is 0 Å². The van der Waals surface area contributed by atoms with Crippen molar-refractivity contribution in [3.8, 4) is 0 Å². The molecule has 1 aromatic heterocycles. The summed E-state index contributed by atoms with van der Waals surface area (Å²) in [7, 11) is 0. The van der Waals surface area contributed by atoms with Crippen LogP contribution in [0.5, 0.6) is 0 Å². The lowest BCUT2D eigenvalue weighted by Gasteiger charge is -2.00. The Morgan fingerprint density at radius 1 is 1.83 bits per heavy atom. The molecule has 1 rings (SSSR count). The second kappa shape index (κ2) is 5.02. The summed E-state index contributed by atoms with van der Waals surface area (Å²) in [5.74, 6) is -1.02. The van der Waals surface area contributed by atoms with Crippen LogP contribution in [-0.4, -0.2) is 25.9 Å². The van der Waals surface area contributed by atoms with E-state index in [9.17, 15) is 4.79 Å². The molecular weight excluding hydrogens is 202 g/mol. The third kappa shape index (κ3) is 3.12. The van der Waals surface area contributed by atoms with Crippen LogP contribution in [0.25, 0.3) is 0 Å². The zero-order chi connectivity index (χ0) is 8.27. The van der Waals surface area contributed by atoms with E-state index in [4.69, 9.17) is 10.8 Å². The highest BCUT2D eigenvalue weighted by molar-refractivity contribution is 6.99. The zero-order valence-electron chi connectivity index (χ0n) is 6.01. The van der Waals surface area contributed by atoms with Gasteiger partial charge in [-0.15, -0.1) is 12.4 Å². The maximum absolute atomic E-state index is 10.3. The Hall–Kier alpha value is -0.720. The SMILES string of the molecule is Cl.N[C@H](Cc1cnsn1)C(=O)O. The highest BCUT2D eigenvalue weighted by atomic mass is 35.5. The number of carboxylic acids is 1. The topological polar surface area (TPSA) is 89.1 Å². The molecule has 1 atom stereocenters. The van der Waals surface area contributed by atoms with Crippen LogP contribution in [0.15, 0.2) is 6.20 Å². The number of nitrogens with two attached hydrogens (primary N) is 1. The Labute approximate surface area is 79.3 Å². The first kappa shape index (κ1) is 11.3. The summed E-state index contributed by atoms with van der Waals surface area (Å²) < 4.78 is 7.54. The van der Waals surface area contributed by atoms with Gasteiger partial charge in [-0.1, -0.05) is 0 Å². The predicted octanol–water partition coefficient (Wildman–Crippen LogP) is -0.0857. The van der Waals surface area contributed by atoms with E-state index >= 15 is 0 Å². The molecule has 3 N–H and O–H groups in total. The van der Waals surface area contributed by atoms with Crippen molar-refractivity contribution in [1.82, 2.24) is 8.75 Å². The van der Waals surface area contributed by atoms with Gasteiger partial charge in [0.25, 0.3) is 0 Å². The van der Waals surface area contributed by atoms with E-state index in [1.807, 2.05) is 0 Å². The Balaban J connectivity index is 0.00000121. The van der Waals surface area contributed by atoms with Crippen LogP contribution >= 0.6 is 24.1 Å². The van der Waals surface area contributed by atoms with Gasteiger partial charge in [0.15, 0.2) is 0 Å². The fourth-order valence-electron chi connectivity index (χ4n) is 0.587. The molecule has 0 saturated heterocycles. The van der Waals surface area contributed by atoms with Crippen molar-refractivity contribution in [2.24, 2.45) is 5.73 Å². The highest BCUT2D eigenvalue weighted by Crippen LogP contribution is 1.98. The molecule has 68 valence electrons. The van der Waals surface area contributed by atoms with Gasteiger partial charge in [-0.25, -0.2) is 0 Å². The van der Waals surface area contributed by atoms with Crippen molar-refractivity contribution in [3.05, 3.63) is 11.9 Å². The summed E-state index contributed by atoms with van der Waals surface area (Å²) >= 11 is 1.04. The minimum Gasteiger partial charge on any atom is -0.480 e. The number of hydrogen-bond acceptors (Lipinski definition) is 5. The van der Waals surface area contributed by atoms with E-state index in [0.29, 0.717) is 5.69 Å². The average molecular weight is 210 g/mol. The number of carboxylic acid groups (broad SMARTS) is 1. The Bertz CT molecular complexity index is 241. The third-order valence-corrected chi connectivity index (χ3v) is 1.67. The van der Waals surface area contributed by atoms with Gasteiger partial charge in [0.2, 0.25) is 0 Å². The molecule has 0 bridgehead atoms. The second-order valence-electron chi connectivity index (χ2n) is 2.05. The fourth-order valence-corrected chi connectivity index (χ4v) is 1.03. The number of aliphatic carboxylic acids is 1. The standard InChI is InChI=1S/C5H7N3O2S.ClH/c6-4(5(9)10)1-3-2-7-11-8-3;/h2,4H,1,6H2,(H,9,10);1H/t4-;/m1./s1. The monoisotopic (exact) mass is 209 g/mol. The molecule has 1 heterocycles. The molecule has 0 saturated carbocycles. The van der Waals surface area contributed by atoms with Crippen LogP contribution in [0.3, 0.4) is 0 Å². The first-order valence-corrected chi connectivity index (χ1v) is 3.68. The summed E-state index contributed by atoms with van der Waals surface area (Å²) in [5.41, 5.74) is 5.87. The number of carbonyl (C=O) groups is 1. The van der Waals surface area contributed by atoms with E-state index < -0.39 is 12.0 Å². The molecule has 0 spiro atoms. The van der Waals surface area contributed by atoms with Crippen LogP contribution in [0.2, 0.25) is 0 Å². The molecule has 0 amide bonds. The van der Waals surface area contributed by atoms with Crippen molar-refractivity contribution < 1.29 is 9.90 Å². The van der Waals surface area contributed by atoms with Crippen molar-refractivity contribution in [2.45, 2.75) is 12.5 Å². The number of nitrogens with zero attached hydrogens (tertiary/aromatic N) is 2. The van der Waals surface area contributed by atoms with Gasteiger partial charge in [-0.3, -0.25) is 4.79 Å². The van der Waals surface area contributed by atoms with Gasteiger partial charge >= 0.3 is 5.97 Å². The van der Waals surface area contributed by atoms with Crippen LogP contribution in [-0.2, 0) is 11.2 Å². The van der Waals surface area contributed by atoms with Gasteiger partial charge in [-0.05, 0) is 0 Å². The van der Waals surface area contributed by atoms with Gasteiger partial charge in [-0.2, -0.15) is 8.75 Å². The fraction of sp³-hybridized carbons (Fsp3) is 0.400. The van der Waals surface area contributed by atoms with E-state index in [0.717, 1.165) is 11.7 Å². The molecule has 0 aliphatic heterocycles. The van der Waals surface area contributed by atoms with Crippen LogP contribution in [0, 0.1) is 0 Å². The van der Waals surface area contributed by atoms with E-state index in [-0.39, 0.29) is 18.8 Å².